The van der Waals surface area contributed by atoms with Crippen molar-refractivity contribution >= 4 is 5.96 Å². The molecule has 0 radical (unpaired) electrons. The highest BCUT2D eigenvalue weighted by atomic mass is 16.5. The molecule has 5 nitrogen and oxygen atoms in total. The fraction of sp³-hybridized carbons (Fsp3) is 0.480. The van der Waals surface area contributed by atoms with Crippen LogP contribution in [0, 0.1) is 6.92 Å². The maximum atomic E-state index is 5.43. The summed E-state index contributed by atoms with van der Waals surface area (Å²) in [6, 6.07) is 18.1. The molecule has 1 heterocycles. The molecular formula is C25H36N4O. The molecule has 1 unspecified atom stereocenters. The molecule has 1 aliphatic heterocycles. The first-order valence-corrected chi connectivity index (χ1v) is 11.0. The molecule has 2 aromatic carbocycles. The van der Waals surface area contributed by atoms with E-state index in [0.29, 0.717) is 12.1 Å². The van der Waals surface area contributed by atoms with E-state index in [2.05, 4.69) is 82.9 Å². The molecule has 2 N–H and O–H groups in total. The van der Waals surface area contributed by atoms with Crippen LogP contribution in [0.25, 0.3) is 0 Å². The van der Waals surface area contributed by atoms with Crippen molar-refractivity contribution in [1.29, 1.82) is 0 Å². The number of methoxy groups -OCH3 is 1. The Balaban J connectivity index is 1.42. The number of hydrogen-bond donors (Lipinski definition) is 2. The molecule has 1 aliphatic rings. The van der Waals surface area contributed by atoms with Crippen molar-refractivity contribution in [3.8, 4) is 5.75 Å². The normalized spacial score (nSPS) is 16.9. The third-order valence-corrected chi connectivity index (χ3v) is 6.10. The molecule has 0 bridgehead atoms. The lowest BCUT2D eigenvalue weighted by Crippen LogP contribution is -2.49. The van der Waals surface area contributed by atoms with E-state index in [9.17, 15) is 0 Å². The maximum Gasteiger partial charge on any atom is 0.191 e. The Hall–Kier alpha value is -2.53. The minimum Gasteiger partial charge on any atom is -0.496 e. The number of ether oxygens (including phenoxy) is 1. The van der Waals surface area contributed by atoms with Crippen LogP contribution in [0.15, 0.2) is 53.5 Å². The highest BCUT2D eigenvalue weighted by Gasteiger charge is 2.23. The third kappa shape index (κ3) is 5.99. The van der Waals surface area contributed by atoms with E-state index < -0.39 is 0 Å². The average molecular weight is 409 g/mol. The number of likely N-dealkylation sites (tertiary alicyclic amines) is 1. The lowest BCUT2D eigenvalue weighted by Gasteiger charge is -2.37. The van der Waals surface area contributed by atoms with Gasteiger partial charge >= 0.3 is 0 Å². The standard InChI is InChI=1S/C25H36N4O/c1-19-10-11-21(18-24(19)30-4)12-15-27-25(26-3)28-23-13-16-29(17-14-23)20(2)22-8-6-5-7-9-22/h5-11,18,20,23H,12-17H2,1-4H3,(H2,26,27,28). The summed E-state index contributed by atoms with van der Waals surface area (Å²) < 4.78 is 5.43. The molecule has 0 spiro atoms. The van der Waals surface area contributed by atoms with Crippen LogP contribution in [0.2, 0.25) is 0 Å². The summed E-state index contributed by atoms with van der Waals surface area (Å²) in [4.78, 5) is 7.00. The van der Waals surface area contributed by atoms with Crippen molar-refractivity contribution in [1.82, 2.24) is 15.5 Å². The smallest absolute Gasteiger partial charge is 0.191 e. The van der Waals surface area contributed by atoms with E-state index in [1.807, 2.05) is 7.05 Å². The van der Waals surface area contributed by atoms with Crippen molar-refractivity contribution < 1.29 is 4.74 Å². The van der Waals surface area contributed by atoms with Gasteiger partial charge in [0.05, 0.1) is 7.11 Å². The SMILES string of the molecule is CN=C(NCCc1ccc(C)c(OC)c1)NC1CCN(C(C)c2ccccc2)CC1. The van der Waals surface area contributed by atoms with Gasteiger partial charge in [-0.2, -0.15) is 0 Å². The van der Waals surface area contributed by atoms with Gasteiger partial charge in [-0.25, -0.2) is 0 Å². The fourth-order valence-corrected chi connectivity index (χ4v) is 4.11. The Bertz CT molecular complexity index is 813. The van der Waals surface area contributed by atoms with Crippen molar-refractivity contribution in [2.24, 2.45) is 4.99 Å². The van der Waals surface area contributed by atoms with Crippen LogP contribution in [0.4, 0.5) is 0 Å². The van der Waals surface area contributed by atoms with Crippen LogP contribution in [-0.4, -0.2) is 50.7 Å². The van der Waals surface area contributed by atoms with Gasteiger partial charge < -0.3 is 15.4 Å². The zero-order valence-electron chi connectivity index (χ0n) is 18.8. The molecule has 2 aromatic rings. The molecular weight excluding hydrogens is 372 g/mol. The topological polar surface area (TPSA) is 48.9 Å². The molecule has 3 rings (SSSR count). The van der Waals surface area contributed by atoms with Crippen molar-refractivity contribution in [3.05, 3.63) is 65.2 Å². The van der Waals surface area contributed by atoms with Gasteiger partial charge in [0.2, 0.25) is 0 Å². The number of aliphatic imine (C=N–C) groups is 1. The molecule has 1 atom stereocenters. The van der Waals surface area contributed by atoms with Gasteiger partial charge in [-0.3, -0.25) is 9.89 Å². The maximum absolute atomic E-state index is 5.43. The zero-order valence-corrected chi connectivity index (χ0v) is 18.8. The quantitative estimate of drug-likeness (QED) is 0.538. The minimum absolute atomic E-state index is 0.467. The van der Waals surface area contributed by atoms with Gasteiger partial charge in [0.15, 0.2) is 5.96 Å². The fourth-order valence-electron chi connectivity index (χ4n) is 4.11. The Labute approximate surface area is 181 Å². The van der Waals surface area contributed by atoms with E-state index in [4.69, 9.17) is 4.74 Å². The first-order valence-electron chi connectivity index (χ1n) is 11.0. The second kappa shape index (κ2) is 11.0. The van der Waals surface area contributed by atoms with Crippen molar-refractivity contribution in [2.75, 3.05) is 33.8 Å². The first-order chi connectivity index (χ1) is 14.6. The highest BCUT2D eigenvalue weighted by molar-refractivity contribution is 5.79. The minimum atomic E-state index is 0.467. The van der Waals surface area contributed by atoms with Gasteiger partial charge in [0.1, 0.15) is 5.75 Å². The Kier molecular flexibility index (Phi) is 8.14. The summed E-state index contributed by atoms with van der Waals surface area (Å²) in [5, 5.41) is 7.07. The number of piperidine rings is 1. The second-order valence-electron chi connectivity index (χ2n) is 8.09. The summed E-state index contributed by atoms with van der Waals surface area (Å²) in [6.45, 7) is 7.43. The van der Waals surface area contributed by atoms with E-state index >= 15 is 0 Å². The van der Waals surface area contributed by atoms with E-state index in [0.717, 1.165) is 50.6 Å². The molecule has 1 fully saturated rings. The van der Waals surface area contributed by atoms with Crippen molar-refractivity contribution in [3.63, 3.8) is 0 Å². The third-order valence-electron chi connectivity index (χ3n) is 6.10. The largest absolute Gasteiger partial charge is 0.496 e. The lowest BCUT2D eigenvalue weighted by molar-refractivity contribution is 0.158. The number of hydrogen-bond acceptors (Lipinski definition) is 3. The molecule has 162 valence electrons. The number of nitrogens with one attached hydrogen (secondary N) is 2. The summed E-state index contributed by atoms with van der Waals surface area (Å²) in [5.41, 5.74) is 3.83. The Morgan fingerprint density at radius 2 is 1.90 bits per heavy atom. The van der Waals surface area contributed by atoms with Crippen LogP contribution in [-0.2, 0) is 6.42 Å². The molecule has 1 saturated heterocycles. The van der Waals surface area contributed by atoms with Gasteiger partial charge in [-0.1, -0.05) is 42.5 Å². The Morgan fingerprint density at radius 1 is 1.17 bits per heavy atom. The van der Waals surface area contributed by atoms with Crippen LogP contribution < -0.4 is 15.4 Å². The lowest BCUT2D eigenvalue weighted by atomic mass is 10.0. The van der Waals surface area contributed by atoms with Gasteiger partial charge in [-0.05, 0) is 55.9 Å². The van der Waals surface area contributed by atoms with E-state index in [-0.39, 0.29) is 0 Å². The molecule has 0 aromatic heterocycles. The summed E-state index contributed by atoms with van der Waals surface area (Å²) >= 11 is 0. The van der Waals surface area contributed by atoms with Crippen LogP contribution in [0.5, 0.6) is 5.75 Å². The van der Waals surface area contributed by atoms with Crippen LogP contribution >= 0.6 is 0 Å². The van der Waals surface area contributed by atoms with Gasteiger partial charge in [0.25, 0.3) is 0 Å². The highest BCUT2D eigenvalue weighted by Crippen LogP contribution is 2.24. The molecule has 5 heteroatoms. The van der Waals surface area contributed by atoms with E-state index in [1.54, 1.807) is 7.11 Å². The predicted octanol–water partition coefficient (Wildman–Crippen LogP) is 3.94. The summed E-state index contributed by atoms with van der Waals surface area (Å²) in [7, 11) is 3.57. The molecule has 30 heavy (non-hydrogen) atoms. The van der Waals surface area contributed by atoms with Crippen LogP contribution in [0.1, 0.15) is 42.5 Å². The van der Waals surface area contributed by atoms with E-state index in [1.165, 1.54) is 16.7 Å². The number of benzene rings is 2. The van der Waals surface area contributed by atoms with Gasteiger partial charge in [0, 0.05) is 38.8 Å². The molecule has 0 amide bonds. The van der Waals surface area contributed by atoms with Crippen molar-refractivity contribution in [2.45, 2.75) is 45.2 Å². The summed E-state index contributed by atoms with van der Waals surface area (Å²) in [5.74, 6) is 1.84. The second-order valence-corrected chi connectivity index (χ2v) is 8.09. The first kappa shape index (κ1) is 22.2. The Morgan fingerprint density at radius 3 is 2.57 bits per heavy atom. The molecule has 0 aliphatic carbocycles. The number of guanidine groups is 1. The zero-order chi connectivity index (χ0) is 21.3. The number of aryl methyl sites for hydroxylation is 1. The van der Waals surface area contributed by atoms with Gasteiger partial charge in [-0.15, -0.1) is 0 Å². The molecule has 0 saturated carbocycles. The number of nitrogens with zero attached hydrogens (tertiary/aromatic N) is 2. The number of rotatable bonds is 7. The monoisotopic (exact) mass is 408 g/mol. The predicted molar refractivity (Wildman–Crippen MR) is 125 cm³/mol. The van der Waals surface area contributed by atoms with Crippen LogP contribution in [0.3, 0.4) is 0 Å². The average Bonchev–Trinajstić information content (AvgIpc) is 2.80. The summed E-state index contributed by atoms with van der Waals surface area (Å²) in [6.07, 6.45) is 3.20.